The minimum absolute atomic E-state index is 0.0149. The topological polar surface area (TPSA) is 57.1 Å². The maximum absolute atomic E-state index is 13.0. The molecule has 2 unspecified atom stereocenters. The molecule has 0 amide bonds. The molecular formula is C29H29NO4. The van der Waals surface area contributed by atoms with Gasteiger partial charge in [0, 0.05) is 28.2 Å². The third kappa shape index (κ3) is 3.96. The van der Waals surface area contributed by atoms with Crippen LogP contribution in [0.15, 0.2) is 65.7 Å². The van der Waals surface area contributed by atoms with Gasteiger partial charge in [-0.15, -0.1) is 0 Å². The Morgan fingerprint density at radius 1 is 0.794 bits per heavy atom. The number of carbonyl (C=O) groups is 1. The summed E-state index contributed by atoms with van der Waals surface area (Å²) in [6, 6.07) is 19.4. The zero-order valence-corrected chi connectivity index (χ0v) is 19.8. The normalized spacial score (nSPS) is 18.9. The number of ketones is 1. The first-order valence-electron chi connectivity index (χ1n) is 11.8. The lowest BCUT2D eigenvalue weighted by atomic mass is 9.75. The highest BCUT2D eigenvalue weighted by Gasteiger charge is 2.34. The second-order valence-corrected chi connectivity index (χ2v) is 8.87. The van der Waals surface area contributed by atoms with Gasteiger partial charge in [-0.1, -0.05) is 37.1 Å². The first kappa shape index (κ1) is 22.2. The molecule has 3 aromatic carbocycles. The molecule has 0 radical (unpaired) electrons. The van der Waals surface area contributed by atoms with E-state index < -0.39 is 0 Å². The second-order valence-electron chi connectivity index (χ2n) is 8.87. The lowest BCUT2D eigenvalue weighted by Crippen LogP contribution is -2.29. The van der Waals surface area contributed by atoms with Gasteiger partial charge in [0.25, 0.3) is 0 Å². The van der Waals surface area contributed by atoms with Gasteiger partial charge in [-0.05, 0) is 54.8 Å². The number of hydrogen-bond acceptors (Lipinski definition) is 5. The van der Waals surface area contributed by atoms with Crippen molar-refractivity contribution in [3.05, 3.63) is 88.5 Å². The highest BCUT2D eigenvalue weighted by Crippen LogP contribution is 2.44. The SMILES string of the molecule is COc1ccc(C(=O)c2ccc(C3=NC4CCCCC4c4cc(OC)c(OC)cc43)cc2)cc1. The van der Waals surface area contributed by atoms with Crippen molar-refractivity contribution in [3.63, 3.8) is 0 Å². The van der Waals surface area contributed by atoms with Crippen LogP contribution < -0.4 is 14.2 Å². The van der Waals surface area contributed by atoms with Gasteiger partial charge < -0.3 is 14.2 Å². The van der Waals surface area contributed by atoms with Crippen molar-refractivity contribution in [2.45, 2.75) is 37.6 Å². The standard InChI is InChI=1S/C29H29NO4/c1-32-21-14-12-20(13-15-21)29(31)19-10-8-18(9-11-19)28-24-17-27(34-3)26(33-2)16-23(24)22-6-4-5-7-25(22)30-28/h8-17,22,25H,4-7H2,1-3H3. The monoisotopic (exact) mass is 455 g/mol. The van der Waals surface area contributed by atoms with E-state index in [0.29, 0.717) is 22.8 Å². The predicted molar refractivity (Wildman–Crippen MR) is 133 cm³/mol. The van der Waals surface area contributed by atoms with E-state index in [2.05, 4.69) is 6.07 Å². The molecule has 5 rings (SSSR count). The Kier molecular flexibility index (Phi) is 6.10. The van der Waals surface area contributed by atoms with Crippen LogP contribution in [0.25, 0.3) is 0 Å². The minimum Gasteiger partial charge on any atom is -0.497 e. The fourth-order valence-electron chi connectivity index (χ4n) is 5.19. The molecular weight excluding hydrogens is 426 g/mol. The average molecular weight is 456 g/mol. The van der Waals surface area contributed by atoms with Crippen LogP contribution in [0.3, 0.4) is 0 Å². The van der Waals surface area contributed by atoms with E-state index in [1.54, 1.807) is 45.6 Å². The fourth-order valence-corrected chi connectivity index (χ4v) is 5.19. The molecule has 0 aromatic heterocycles. The molecule has 0 spiro atoms. The predicted octanol–water partition coefficient (Wildman–Crippen LogP) is 5.82. The maximum atomic E-state index is 13.0. The number of fused-ring (bicyclic) bond motifs is 3. The Morgan fingerprint density at radius 2 is 1.41 bits per heavy atom. The van der Waals surface area contributed by atoms with Crippen molar-refractivity contribution in [2.24, 2.45) is 4.99 Å². The Morgan fingerprint density at radius 3 is 2.06 bits per heavy atom. The second kappa shape index (κ2) is 9.34. The maximum Gasteiger partial charge on any atom is 0.193 e. The molecule has 1 fully saturated rings. The van der Waals surface area contributed by atoms with E-state index in [4.69, 9.17) is 19.2 Å². The summed E-state index contributed by atoms with van der Waals surface area (Å²) < 4.78 is 16.4. The number of hydrogen-bond donors (Lipinski definition) is 0. The zero-order chi connectivity index (χ0) is 23.7. The number of aliphatic imine (C=N–C) groups is 1. The summed E-state index contributed by atoms with van der Waals surface area (Å²) in [6.45, 7) is 0. The van der Waals surface area contributed by atoms with Crippen LogP contribution >= 0.6 is 0 Å². The van der Waals surface area contributed by atoms with Crippen LogP contribution in [-0.4, -0.2) is 38.9 Å². The molecule has 0 N–H and O–H groups in total. The highest BCUT2D eigenvalue weighted by molar-refractivity contribution is 6.16. The smallest absolute Gasteiger partial charge is 0.193 e. The molecule has 0 saturated heterocycles. The lowest BCUT2D eigenvalue weighted by Gasteiger charge is -2.35. The molecule has 5 nitrogen and oxygen atoms in total. The summed E-state index contributed by atoms with van der Waals surface area (Å²) in [4.78, 5) is 18.2. The molecule has 34 heavy (non-hydrogen) atoms. The minimum atomic E-state index is -0.0149. The van der Waals surface area contributed by atoms with Crippen molar-refractivity contribution in [3.8, 4) is 17.2 Å². The summed E-state index contributed by atoms with van der Waals surface area (Å²) in [7, 11) is 4.95. The van der Waals surface area contributed by atoms with Gasteiger partial charge in [0.15, 0.2) is 17.3 Å². The van der Waals surface area contributed by atoms with Gasteiger partial charge in [0.1, 0.15) is 5.75 Å². The summed E-state index contributed by atoms with van der Waals surface area (Å²) >= 11 is 0. The number of benzene rings is 3. The van der Waals surface area contributed by atoms with Gasteiger partial charge in [0.05, 0.1) is 33.1 Å². The van der Waals surface area contributed by atoms with E-state index in [1.165, 1.54) is 18.4 Å². The Labute approximate surface area is 200 Å². The largest absolute Gasteiger partial charge is 0.497 e. The molecule has 1 aliphatic heterocycles. The van der Waals surface area contributed by atoms with Crippen molar-refractivity contribution >= 4 is 11.5 Å². The summed E-state index contributed by atoms with van der Waals surface area (Å²) in [5, 5.41) is 0. The van der Waals surface area contributed by atoms with Crippen molar-refractivity contribution in [1.82, 2.24) is 0 Å². The van der Waals surface area contributed by atoms with Crippen molar-refractivity contribution < 1.29 is 19.0 Å². The Balaban J connectivity index is 1.51. The third-order valence-electron chi connectivity index (χ3n) is 7.01. The number of methoxy groups -OCH3 is 3. The molecule has 2 aliphatic rings. The first-order chi connectivity index (χ1) is 16.6. The highest BCUT2D eigenvalue weighted by atomic mass is 16.5. The van der Waals surface area contributed by atoms with Gasteiger partial charge in [-0.25, -0.2) is 0 Å². The number of nitrogens with zero attached hydrogens (tertiary/aromatic N) is 1. The van der Waals surface area contributed by atoms with Gasteiger partial charge in [-0.2, -0.15) is 0 Å². The Bertz CT molecular complexity index is 1230. The van der Waals surface area contributed by atoms with Crippen LogP contribution in [0.5, 0.6) is 17.2 Å². The number of carbonyl (C=O) groups excluding carboxylic acids is 1. The quantitative estimate of drug-likeness (QED) is 0.440. The van der Waals surface area contributed by atoms with Crippen LogP contribution in [0, 0.1) is 0 Å². The van der Waals surface area contributed by atoms with E-state index >= 15 is 0 Å². The molecule has 1 aliphatic carbocycles. The van der Waals surface area contributed by atoms with E-state index in [1.807, 2.05) is 30.3 Å². The molecule has 174 valence electrons. The first-order valence-corrected chi connectivity index (χ1v) is 11.8. The van der Waals surface area contributed by atoms with E-state index in [0.717, 1.165) is 41.2 Å². The lowest BCUT2D eigenvalue weighted by molar-refractivity contribution is 0.103. The molecule has 2 atom stereocenters. The average Bonchev–Trinajstić information content (AvgIpc) is 2.91. The molecule has 0 bridgehead atoms. The summed E-state index contributed by atoms with van der Waals surface area (Å²) in [6.07, 6.45) is 4.66. The number of ether oxygens (including phenoxy) is 3. The molecule has 1 saturated carbocycles. The van der Waals surface area contributed by atoms with Gasteiger partial charge >= 0.3 is 0 Å². The fraction of sp³-hybridized carbons (Fsp3) is 0.310. The number of rotatable bonds is 6. The van der Waals surface area contributed by atoms with Gasteiger partial charge in [-0.3, -0.25) is 9.79 Å². The van der Waals surface area contributed by atoms with Crippen LogP contribution in [0.2, 0.25) is 0 Å². The van der Waals surface area contributed by atoms with Crippen LogP contribution in [0.4, 0.5) is 0 Å². The van der Waals surface area contributed by atoms with Crippen molar-refractivity contribution in [1.29, 1.82) is 0 Å². The molecule has 3 aromatic rings. The van der Waals surface area contributed by atoms with Gasteiger partial charge in [0.2, 0.25) is 0 Å². The summed E-state index contributed by atoms with van der Waals surface area (Å²) in [5.41, 5.74) is 5.62. The van der Waals surface area contributed by atoms with Crippen LogP contribution in [-0.2, 0) is 0 Å². The van der Waals surface area contributed by atoms with E-state index in [-0.39, 0.29) is 11.8 Å². The zero-order valence-electron chi connectivity index (χ0n) is 19.8. The van der Waals surface area contributed by atoms with Crippen LogP contribution in [0.1, 0.15) is 64.2 Å². The Hall–Kier alpha value is -3.60. The molecule has 5 heteroatoms. The van der Waals surface area contributed by atoms with E-state index in [9.17, 15) is 4.79 Å². The van der Waals surface area contributed by atoms with Crippen molar-refractivity contribution in [2.75, 3.05) is 21.3 Å². The third-order valence-corrected chi connectivity index (χ3v) is 7.01. The summed E-state index contributed by atoms with van der Waals surface area (Å²) in [5.74, 6) is 2.58. The molecule has 1 heterocycles.